The van der Waals surface area contributed by atoms with Gasteiger partial charge < -0.3 is 19.7 Å². The van der Waals surface area contributed by atoms with Crippen molar-refractivity contribution < 1.29 is 14.0 Å². The lowest BCUT2D eigenvalue weighted by atomic mass is 9.89. The zero-order valence-corrected chi connectivity index (χ0v) is 16.3. The third-order valence-corrected chi connectivity index (χ3v) is 5.81. The second kappa shape index (κ2) is 7.24. The Morgan fingerprint density at radius 1 is 1.24 bits per heavy atom. The number of nitrogens with one attached hydrogen (secondary N) is 1. The van der Waals surface area contributed by atoms with Gasteiger partial charge in [-0.25, -0.2) is 9.18 Å². The van der Waals surface area contributed by atoms with Gasteiger partial charge in [0.1, 0.15) is 17.6 Å². The Hall–Kier alpha value is -3.34. The molecular weight excluding hydrogens is 373 g/mol. The highest BCUT2D eigenvalue weighted by molar-refractivity contribution is 5.93. The molecular formula is C21H22FN5O2. The van der Waals surface area contributed by atoms with E-state index in [4.69, 9.17) is 5.26 Å². The van der Waals surface area contributed by atoms with E-state index in [1.54, 1.807) is 36.0 Å². The average molecular weight is 395 g/mol. The Bertz CT molecular complexity index is 995. The molecule has 0 aliphatic carbocycles. The zero-order chi connectivity index (χ0) is 20.7. The largest absolute Gasteiger partial charge is 0.356 e. The second-order valence-electron chi connectivity index (χ2n) is 7.88. The summed E-state index contributed by atoms with van der Waals surface area (Å²) in [7, 11) is 3.40. The third kappa shape index (κ3) is 3.33. The molecule has 29 heavy (non-hydrogen) atoms. The van der Waals surface area contributed by atoms with E-state index >= 15 is 0 Å². The molecule has 1 N–H and O–H groups in total. The van der Waals surface area contributed by atoms with Crippen molar-refractivity contribution in [2.75, 3.05) is 33.7 Å². The molecule has 1 aromatic heterocycles. The molecule has 7 nitrogen and oxygen atoms in total. The molecule has 2 aliphatic rings. The fourth-order valence-electron chi connectivity index (χ4n) is 4.53. The normalized spacial score (nSPS) is 23.0. The van der Waals surface area contributed by atoms with Crippen LogP contribution in [0.3, 0.4) is 0 Å². The summed E-state index contributed by atoms with van der Waals surface area (Å²) >= 11 is 0. The van der Waals surface area contributed by atoms with E-state index in [9.17, 15) is 14.0 Å². The van der Waals surface area contributed by atoms with Crippen molar-refractivity contribution >= 4 is 11.9 Å². The number of amides is 3. The Morgan fingerprint density at radius 2 is 2.03 bits per heavy atom. The number of aromatic amines is 1. The number of aromatic nitrogens is 1. The number of nitriles is 1. The lowest BCUT2D eigenvalue weighted by Crippen LogP contribution is -2.42. The van der Waals surface area contributed by atoms with Crippen molar-refractivity contribution in [2.45, 2.75) is 6.04 Å². The maximum atomic E-state index is 13.9. The van der Waals surface area contributed by atoms with Crippen LogP contribution >= 0.6 is 0 Å². The van der Waals surface area contributed by atoms with Crippen LogP contribution in [0.25, 0.3) is 0 Å². The molecule has 2 saturated heterocycles. The van der Waals surface area contributed by atoms with Gasteiger partial charge in [0.05, 0.1) is 11.6 Å². The SMILES string of the molecule is CN(C)C(=O)N1C[C@H]2CN(C(=O)c3cc(C#N)c[nH]3)C[C@H]2[C@H]1c1cccc(F)c1. The first-order valence-corrected chi connectivity index (χ1v) is 9.50. The smallest absolute Gasteiger partial charge is 0.320 e. The predicted octanol–water partition coefficient (Wildman–Crippen LogP) is 2.45. The summed E-state index contributed by atoms with van der Waals surface area (Å²) in [4.78, 5) is 33.5. The van der Waals surface area contributed by atoms with E-state index in [0.717, 1.165) is 5.56 Å². The number of halogens is 1. The van der Waals surface area contributed by atoms with Gasteiger partial charge in [-0.2, -0.15) is 5.26 Å². The minimum Gasteiger partial charge on any atom is -0.356 e. The highest BCUT2D eigenvalue weighted by atomic mass is 19.1. The number of carbonyl (C=O) groups is 2. The average Bonchev–Trinajstić information content (AvgIpc) is 3.40. The van der Waals surface area contributed by atoms with E-state index in [2.05, 4.69) is 4.98 Å². The Morgan fingerprint density at radius 3 is 2.69 bits per heavy atom. The highest BCUT2D eigenvalue weighted by Gasteiger charge is 2.50. The molecule has 8 heteroatoms. The van der Waals surface area contributed by atoms with Crippen molar-refractivity contribution in [1.29, 1.82) is 5.26 Å². The van der Waals surface area contributed by atoms with Crippen molar-refractivity contribution in [3.05, 3.63) is 59.2 Å². The molecule has 0 saturated carbocycles. The predicted molar refractivity (Wildman–Crippen MR) is 103 cm³/mol. The first-order chi connectivity index (χ1) is 13.9. The van der Waals surface area contributed by atoms with Gasteiger partial charge in [0.2, 0.25) is 0 Å². The number of nitrogens with zero attached hydrogens (tertiary/aromatic N) is 4. The first-order valence-electron chi connectivity index (χ1n) is 9.50. The van der Waals surface area contributed by atoms with Crippen LogP contribution in [0, 0.1) is 29.0 Å². The number of hydrogen-bond donors (Lipinski definition) is 1. The van der Waals surface area contributed by atoms with E-state index in [1.165, 1.54) is 23.2 Å². The van der Waals surface area contributed by atoms with E-state index in [0.29, 0.717) is 30.9 Å². The molecule has 3 heterocycles. The molecule has 2 aromatic rings. The van der Waals surface area contributed by atoms with Gasteiger partial charge in [0.15, 0.2) is 0 Å². The maximum Gasteiger partial charge on any atom is 0.320 e. The van der Waals surface area contributed by atoms with Crippen LogP contribution in [0.15, 0.2) is 36.5 Å². The van der Waals surface area contributed by atoms with Gasteiger partial charge in [0.25, 0.3) is 5.91 Å². The van der Waals surface area contributed by atoms with Gasteiger partial charge in [-0.05, 0) is 23.8 Å². The number of benzene rings is 1. The van der Waals surface area contributed by atoms with Crippen LogP contribution in [0.5, 0.6) is 0 Å². The second-order valence-corrected chi connectivity index (χ2v) is 7.88. The van der Waals surface area contributed by atoms with E-state index in [-0.39, 0.29) is 35.6 Å². The van der Waals surface area contributed by atoms with Crippen LogP contribution in [0.4, 0.5) is 9.18 Å². The molecule has 3 amide bonds. The van der Waals surface area contributed by atoms with Gasteiger partial charge >= 0.3 is 6.03 Å². The number of rotatable bonds is 2. The minimum absolute atomic E-state index is 0.0232. The summed E-state index contributed by atoms with van der Waals surface area (Å²) < 4.78 is 13.9. The van der Waals surface area contributed by atoms with Crippen molar-refractivity contribution in [3.63, 3.8) is 0 Å². The molecule has 0 radical (unpaired) electrons. The third-order valence-electron chi connectivity index (χ3n) is 5.81. The number of fused-ring (bicyclic) bond motifs is 1. The van der Waals surface area contributed by atoms with Gasteiger partial charge in [-0.1, -0.05) is 12.1 Å². The lowest BCUT2D eigenvalue weighted by Gasteiger charge is -2.31. The van der Waals surface area contributed by atoms with Gasteiger partial charge in [-0.15, -0.1) is 0 Å². The number of hydrogen-bond acceptors (Lipinski definition) is 3. The summed E-state index contributed by atoms with van der Waals surface area (Å²) in [6.45, 7) is 1.51. The summed E-state index contributed by atoms with van der Waals surface area (Å²) in [6.07, 6.45) is 1.51. The first kappa shape index (κ1) is 19.0. The van der Waals surface area contributed by atoms with E-state index < -0.39 is 0 Å². The lowest BCUT2D eigenvalue weighted by molar-refractivity contribution is 0.0761. The molecule has 3 atom stereocenters. The number of likely N-dealkylation sites (tertiary alicyclic amines) is 2. The number of H-pyrrole nitrogens is 1. The topological polar surface area (TPSA) is 83.4 Å². The monoisotopic (exact) mass is 395 g/mol. The zero-order valence-electron chi connectivity index (χ0n) is 16.3. The Labute approximate surface area is 168 Å². The molecule has 0 spiro atoms. The van der Waals surface area contributed by atoms with Crippen LogP contribution in [0.2, 0.25) is 0 Å². The van der Waals surface area contributed by atoms with Crippen LogP contribution < -0.4 is 0 Å². The standard InChI is InChI=1S/C21H22FN5O2/c1-25(2)21(29)27-11-15-10-26(20(28)18-6-13(8-23)9-24-18)12-17(15)19(27)14-4-3-5-16(22)7-14/h3-7,9,15,17,19,24H,10-12H2,1-2H3/t15-,17-,19-/m1/s1. The molecule has 0 bridgehead atoms. The molecule has 150 valence electrons. The Balaban J connectivity index is 1.61. The summed E-state index contributed by atoms with van der Waals surface area (Å²) in [6, 6.07) is 9.49. The molecule has 2 fully saturated rings. The number of carbonyl (C=O) groups excluding carboxylic acids is 2. The Kier molecular flexibility index (Phi) is 4.74. The highest BCUT2D eigenvalue weighted by Crippen LogP contribution is 2.45. The quantitative estimate of drug-likeness (QED) is 0.848. The van der Waals surface area contributed by atoms with Crippen LogP contribution in [0.1, 0.15) is 27.7 Å². The molecule has 0 unspecified atom stereocenters. The van der Waals surface area contributed by atoms with Crippen molar-refractivity contribution in [3.8, 4) is 6.07 Å². The minimum atomic E-state index is -0.343. The van der Waals surface area contributed by atoms with Gasteiger partial charge in [0, 0.05) is 51.8 Å². The summed E-state index contributed by atoms with van der Waals surface area (Å²) in [5.41, 5.74) is 1.53. The van der Waals surface area contributed by atoms with Crippen LogP contribution in [-0.4, -0.2) is 65.4 Å². The van der Waals surface area contributed by atoms with Gasteiger partial charge in [-0.3, -0.25) is 4.79 Å². The molecule has 1 aromatic carbocycles. The van der Waals surface area contributed by atoms with E-state index in [1.807, 2.05) is 12.1 Å². The fourth-order valence-corrected chi connectivity index (χ4v) is 4.53. The van der Waals surface area contributed by atoms with Crippen LogP contribution in [-0.2, 0) is 0 Å². The summed E-state index contributed by atoms with van der Waals surface area (Å²) in [5.74, 6) is -0.370. The maximum absolute atomic E-state index is 13.9. The van der Waals surface area contributed by atoms with Crippen molar-refractivity contribution in [2.24, 2.45) is 11.8 Å². The summed E-state index contributed by atoms with van der Waals surface area (Å²) in [5, 5.41) is 8.97. The molecule has 2 aliphatic heterocycles. The molecule has 4 rings (SSSR count). The number of urea groups is 1. The van der Waals surface area contributed by atoms with Crippen molar-refractivity contribution in [1.82, 2.24) is 19.7 Å². The fraction of sp³-hybridized carbons (Fsp3) is 0.381.